The summed E-state index contributed by atoms with van der Waals surface area (Å²) in [5.41, 5.74) is 1.40. The van der Waals surface area contributed by atoms with E-state index in [0.717, 1.165) is 5.56 Å². The molecule has 0 aliphatic carbocycles. The number of carbonyl (C=O) groups excluding carboxylic acids is 3. The van der Waals surface area contributed by atoms with Gasteiger partial charge in [-0.05, 0) is 37.5 Å². The number of nitrogens with one attached hydrogen (secondary N) is 2. The number of rotatable bonds is 9. The van der Waals surface area contributed by atoms with Crippen LogP contribution in [0.15, 0.2) is 54.6 Å². The minimum absolute atomic E-state index is 0.00146. The third-order valence-corrected chi connectivity index (χ3v) is 5.88. The molecule has 1 fully saturated rings. The lowest BCUT2D eigenvalue weighted by Crippen LogP contribution is -2.54. The van der Waals surface area contributed by atoms with Gasteiger partial charge in [0, 0.05) is 13.1 Å². The van der Waals surface area contributed by atoms with Crippen LogP contribution in [0.4, 0.5) is 10.5 Å². The van der Waals surface area contributed by atoms with Gasteiger partial charge in [0.25, 0.3) is 0 Å². The van der Waals surface area contributed by atoms with Gasteiger partial charge in [0.2, 0.25) is 5.91 Å². The minimum Gasteiger partial charge on any atom is -0.466 e. The number of halogens is 1. The lowest BCUT2D eigenvalue weighted by Gasteiger charge is -2.33. The quantitative estimate of drug-likeness (QED) is 0.524. The summed E-state index contributed by atoms with van der Waals surface area (Å²) in [6.07, 6.45) is 1.04. The molecule has 2 aromatic rings. The summed E-state index contributed by atoms with van der Waals surface area (Å²) in [5.74, 6) is -0.701. The number of carbonyl (C=O) groups is 3. The number of nitrogens with zero attached hydrogens (tertiary/aromatic N) is 1. The fourth-order valence-electron chi connectivity index (χ4n) is 3.74. The summed E-state index contributed by atoms with van der Waals surface area (Å²) >= 11 is 6.12. The van der Waals surface area contributed by atoms with Crippen molar-refractivity contribution in [2.24, 2.45) is 5.92 Å². The van der Waals surface area contributed by atoms with Crippen LogP contribution in [0.25, 0.3) is 0 Å². The van der Waals surface area contributed by atoms with Gasteiger partial charge in [-0.1, -0.05) is 54.1 Å². The van der Waals surface area contributed by atoms with Crippen LogP contribution in [0.3, 0.4) is 0 Å². The maximum Gasteiger partial charge on any atom is 0.320 e. The van der Waals surface area contributed by atoms with E-state index in [4.69, 9.17) is 21.1 Å². The van der Waals surface area contributed by atoms with E-state index < -0.39 is 12.1 Å². The molecule has 3 rings (SSSR count). The molecular formula is C25H30ClN3O5. The van der Waals surface area contributed by atoms with Gasteiger partial charge < -0.3 is 25.0 Å². The molecule has 0 saturated carbocycles. The molecule has 1 atom stereocenters. The predicted octanol–water partition coefficient (Wildman–Crippen LogP) is 3.85. The van der Waals surface area contributed by atoms with Crippen LogP contribution in [0.5, 0.6) is 0 Å². The van der Waals surface area contributed by atoms with E-state index in [0.29, 0.717) is 49.9 Å². The fraction of sp³-hybridized carbons (Fsp3) is 0.400. The standard InChI is InChI=1S/C25H30ClN3O5/c1-2-34-24(31)19-12-14-29(15-13-19)23(30)22(17-33-16-18-8-4-3-5-9-18)28-25(32)27-21-11-7-6-10-20(21)26/h3-11,19,22H,2,12-17H2,1H3,(H2,27,28,32). The zero-order valence-electron chi connectivity index (χ0n) is 19.2. The number of para-hydroxylation sites is 1. The largest absolute Gasteiger partial charge is 0.466 e. The molecule has 34 heavy (non-hydrogen) atoms. The molecule has 182 valence electrons. The first-order valence-corrected chi connectivity index (χ1v) is 11.7. The first-order chi connectivity index (χ1) is 16.5. The molecule has 1 aliphatic rings. The van der Waals surface area contributed by atoms with Gasteiger partial charge in [-0.2, -0.15) is 0 Å². The number of hydrogen-bond acceptors (Lipinski definition) is 5. The van der Waals surface area contributed by atoms with E-state index in [9.17, 15) is 14.4 Å². The first-order valence-electron chi connectivity index (χ1n) is 11.4. The summed E-state index contributed by atoms with van der Waals surface area (Å²) < 4.78 is 10.9. The van der Waals surface area contributed by atoms with Gasteiger partial charge in [0.15, 0.2) is 0 Å². The van der Waals surface area contributed by atoms with Crippen LogP contribution >= 0.6 is 11.6 Å². The summed E-state index contributed by atoms with van der Waals surface area (Å²) in [5, 5.41) is 5.78. The van der Waals surface area contributed by atoms with Crippen LogP contribution < -0.4 is 10.6 Å². The molecule has 1 unspecified atom stereocenters. The maximum atomic E-state index is 13.3. The fourth-order valence-corrected chi connectivity index (χ4v) is 3.92. The molecule has 2 N–H and O–H groups in total. The van der Waals surface area contributed by atoms with E-state index in [1.807, 2.05) is 30.3 Å². The van der Waals surface area contributed by atoms with Crippen molar-refractivity contribution < 1.29 is 23.9 Å². The molecule has 9 heteroatoms. The summed E-state index contributed by atoms with van der Waals surface area (Å²) in [7, 11) is 0. The van der Waals surface area contributed by atoms with Crippen molar-refractivity contribution in [3.05, 3.63) is 65.2 Å². The summed E-state index contributed by atoms with van der Waals surface area (Å²) in [6.45, 7) is 3.24. The Balaban J connectivity index is 1.61. The second-order valence-corrected chi connectivity index (χ2v) is 8.39. The van der Waals surface area contributed by atoms with Crippen LogP contribution in [-0.2, 0) is 25.7 Å². The number of esters is 1. The molecule has 1 aliphatic heterocycles. The second-order valence-electron chi connectivity index (χ2n) is 7.98. The molecule has 0 spiro atoms. The number of amides is 3. The van der Waals surface area contributed by atoms with Crippen molar-refractivity contribution in [3.8, 4) is 0 Å². The first kappa shape index (κ1) is 25.5. The molecule has 0 aromatic heterocycles. The van der Waals surface area contributed by atoms with Crippen molar-refractivity contribution in [2.45, 2.75) is 32.4 Å². The third kappa shape index (κ3) is 7.46. The van der Waals surface area contributed by atoms with Crippen molar-refractivity contribution in [1.29, 1.82) is 0 Å². The molecule has 2 aromatic carbocycles. The molecular weight excluding hydrogens is 458 g/mol. The lowest BCUT2D eigenvalue weighted by atomic mass is 9.96. The highest BCUT2D eigenvalue weighted by Gasteiger charge is 2.32. The van der Waals surface area contributed by atoms with Crippen molar-refractivity contribution in [3.63, 3.8) is 0 Å². The normalized spacial score (nSPS) is 14.8. The number of benzene rings is 2. The Morgan fingerprint density at radius 3 is 2.41 bits per heavy atom. The average Bonchev–Trinajstić information content (AvgIpc) is 2.85. The van der Waals surface area contributed by atoms with E-state index >= 15 is 0 Å². The van der Waals surface area contributed by atoms with Gasteiger partial charge in [0.1, 0.15) is 6.04 Å². The number of urea groups is 1. The predicted molar refractivity (Wildman–Crippen MR) is 129 cm³/mol. The highest BCUT2D eigenvalue weighted by Crippen LogP contribution is 2.21. The second kappa shape index (κ2) is 13.0. The highest BCUT2D eigenvalue weighted by molar-refractivity contribution is 6.33. The van der Waals surface area contributed by atoms with Gasteiger partial charge in [0.05, 0.1) is 36.4 Å². The van der Waals surface area contributed by atoms with Crippen molar-refractivity contribution >= 4 is 35.2 Å². The molecule has 1 saturated heterocycles. The van der Waals surface area contributed by atoms with Crippen LogP contribution in [0, 0.1) is 5.92 Å². The van der Waals surface area contributed by atoms with Crippen LogP contribution in [0.1, 0.15) is 25.3 Å². The monoisotopic (exact) mass is 487 g/mol. The number of anilines is 1. The third-order valence-electron chi connectivity index (χ3n) is 5.55. The van der Waals surface area contributed by atoms with Crippen LogP contribution in [0.2, 0.25) is 5.02 Å². The topological polar surface area (TPSA) is 97.0 Å². The molecule has 1 heterocycles. The van der Waals surface area contributed by atoms with E-state index in [2.05, 4.69) is 10.6 Å². The molecule has 3 amide bonds. The van der Waals surface area contributed by atoms with Crippen molar-refractivity contribution in [2.75, 3.05) is 31.6 Å². The smallest absolute Gasteiger partial charge is 0.320 e. The Morgan fingerprint density at radius 2 is 1.74 bits per heavy atom. The molecule has 0 radical (unpaired) electrons. The maximum absolute atomic E-state index is 13.3. The Bertz CT molecular complexity index is 964. The Labute approximate surface area is 204 Å². The van der Waals surface area contributed by atoms with E-state index in [-0.39, 0.29) is 24.4 Å². The SMILES string of the molecule is CCOC(=O)C1CCN(C(=O)C(COCc2ccccc2)NC(=O)Nc2ccccc2Cl)CC1. The molecule has 8 nitrogen and oxygen atoms in total. The summed E-state index contributed by atoms with van der Waals surface area (Å²) in [4.78, 5) is 39.6. The minimum atomic E-state index is -0.898. The zero-order chi connectivity index (χ0) is 24.3. The number of ether oxygens (including phenoxy) is 2. The van der Waals surface area contributed by atoms with E-state index in [1.54, 1.807) is 36.1 Å². The van der Waals surface area contributed by atoms with Gasteiger partial charge in [-0.15, -0.1) is 0 Å². The number of hydrogen-bond donors (Lipinski definition) is 2. The molecule has 0 bridgehead atoms. The Kier molecular flexibility index (Phi) is 9.73. The summed E-state index contributed by atoms with van der Waals surface area (Å²) in [6, 6.07) is 15.0. The number of likely N-dealkylation sites (tertiary alicyclic amines) is 1. The van der Waals surface area contributed by atoms with E-state index in [1.165, 1.54) is 0 Å². The van der Waals surface area contributed by atoms with Crippen LogP contribution in [-0.4, -0.2) is 55.2 Å². The van der Waals surface area contributed by atoms with Gasteiger partial charge in [-0.3, -0.25) is 9.59 Å². The lowest BCUT2D eigenvalue weighted by molar-refractivity contribution is -0.151. The van der Waals surface area contributed by atoms with Crippen molar-refractivity contribution in [1.82, 2.24) is 10.2 Å². The number of piperidine rings is 1. The Hall–Kier alpha value is -3.10. The Morgan fingerprint density at radius 1 is 1.06 bits per heavy atom. The zero-order valence-corrected chi connectivity index (χ0v) is 19.9. The highest BCUT2D eigenvalue weighted by atomic mass is 35.5. The average molecular weight is 488 g/mol. The van der Waals surface area contributed by atoms with Gasteiger partial charge in [-0.25, -0.2) is 4.79 Å². The van der Waals surface area contributed by atoms with Gasteiger partial charge >= 0.3 is 12.0 Å².